The van der Waals surface area contributed by atoms with E-state index in [-0.39, 0.29) is 37.4 Å². The number of halogens is 7. The number of methoxy groups -OCH3 is 3. The molecule has 2 aromatic rings. The summed E-state index contributed by atoms with van der Waals surface area (Å²) in [7, 11) is 4.26. The molecule has 0 N–H and O–H groups in total. The van der Waals surface area contributed by atoms with Crippen LogP contribution < -0.4 is 4.74 Å². The first kappa shape index (κ1) is 34.9. The molecular formula is C30H36F7N3O5. The predicted molar refractivity (Wildman–Crippen MR) is 148 cm³/mol. The second kappa shape index (κ2) is 13.8. The van der Waals surface area contributed by atoms with Gasteiger partial charge in [-0.25, -0.2) is 4.39 Å². The number of carbonyl (C=O) groups is 1. The first-order valence-electron chi connectivity index (χ1n) is 14.3. The second-order valence-corrected chi connectivity index (χ2v) is 11.0. The van der Waals surface area contributed by atoms with E-state index in [9.17, 15) is 35.5 Å². The van der Waals surface area contributed by atoms with Crippen molar-refractivity contribution in [1.29, 1.82) is 0 Å². The van der Waals surface area contributed by atoms with E-state index in [1.54, 1.807) is 0 Å². The van der Waals surface area contributed by atoms with E-state index in [4.69, 9.17) is 18.9 Å². The average Bonchev–Trinajstić information content (AvgIpc) is 3.00. The van der Waals surface area contributed by atoms with Crippen molar-refractivity contribution in [3.8, 4) is 5.75 Å². The molecule has 2 aromatic carbocycles. The fourth-order valence-electron chi connectivity index (χ4n) is 5.87. The maximum absolute atomic E-state index is 14.1. The van der Waals surface area contributed by atoms with Crippen molar-refractivity contribution in [1.82, 2.24) is 14.7 Å². The number of piperazine rings is 1. The smallest absolute Gasteiger partial charge is 0.416 e. The molecule has 2 atom stereocenters. The van der Waals surface area contributed by atoms with Gasteiger partial charge in [-0.3, -0.25) is 14.6 Å². The highest BCUT2D eigenvalue weighted by Crippen LogP contribution is 2.37. The largest absolute Gasteiger partial charge is 0.494 e. The highest BCUT2D eigenvalue weighted by Gasteiger charge is 2.45. The molecule has 0 saturated carbocycles. The first-order chi connectivity index (χ1) is 21.1. The summed E-state index contributed by atoms with van der Waals surface area (Å²) in [5.41, 5.74) is -3.28. The van der Waals surface area contributed by atoms with Gasteiger partial charge in [0.1, 0.15) is 0 Å². The third-order valence-electron chi connectivity index (χ3n) is 8.36. The Morgan fingerprint density at radius 3 is 2.16 bits per heavy atom. The van der Waals surface area contributed by atoms with Crippen LogP contribution in [0.15, 0.2) is 36.4 Å². The number of alkyl halides is 6. The zero-order valence-corrected chi connectivity index (χ0v) is 25.3. The molecule has 2 aliphatic heterocycles. The molecule has 2 aliphatic rings. The Kier molecular flexibility index (Phi) is 10.7. The van der Waals surface area contributed by atoms with Crippen molar-refractivity contribution in [3.63, 3.8) is 0 Å². The number of benzene rings is 2. The summed E-state index contributed by atoms with van der Waals surface area (Å²) in [5, 5.41) is 0. The Hall–Kier alpha value is -2.98. The number of carbonyl (C=O) groups excluding carboxylic acids is 1. The predicted octanol–water partition coefficient (Wildman–Crippen LogP) is 4.91. The standard InChI is InChI=1S/C30H36F7N3O5/c1-19-30(43-3,44-4)45-12-11-39(19)9-7-38-8-10-40(24(18-38)13-20-5-6-25(31)26(14-20)42-2)27(41)21-15-22(28(32,33)34)17-23(16-21)29(35,36)37/h5-6,14-17,19,24H,7-13,18H2,1-4H3/t19?,24-/m1/s1. The summed E-state index contributed by atoms with van der Waals surface area (Å²) in [6.45, 7) is 4.57. The third-order valence-corrected chi connectivity index (χ3v) is 8.36. The lowest BCUT2D eigenvalue weighted by atomic mass is 9.98. The molecule has 1 amide bonds. The van der Waals surface area contributed by atoms with E-state index in [2.05, 4.69) is 9.80 Å². The SMILES string of the molecule is COc1cc(C[C@@H]2CN(CCN3CCOC(OC)(OC)C3C)CCN2C(=O)c2cc(C(F)(F)F)cc(C(F)(F)F)c2)ccc1F. The van der Waals surface area contributed by atoms with Gasteiger partial charge in [-0.15, -0.1) is 0 Å². The van der Waals surface area contributed by atoms with Gasteiger partial charge in [0.15, 0.2) is 11.6 Å². The molecule has 4 rings (SSSR count). The number of morpholine rings is 1. The Morgan fingerprint density at radius 1 is 0.933 bits per heavy atom. The topological polar surface area (TPSA) is 63.7 Å². The molecule has 15 heteroatoms. The average molecular weight is 652 g/mol. The molecule has 2 heterocycles. The summed E-state index contributed by atoms with van der Waals surface area (Å²) in [5.74, 6) is -2.84. The van der Waals surface area contributed by atoms with Gasteiger partial charge < -0.3 is 23.8 Å². The van der Waals surface area contributed by atoms with E-state index >= 15 is 0 Å². The summed E-state index contributed by atoms with van der Waals surface area (Å²) < 4.78 is 117. The van der Waals surface area contributed by atoms with Crippen molar-refractivity contribution >= 4 is 5.91 Å². The third kappa shape index (κ3) is 7.88. The minimum Gasteiger partial charge on any atom is -0.494 e. The molecule has 45 heavy (non-hydrogen) atoms. The van der Waals surface area contributed by atoms with Crippen LogP contribution in [0.3, 0.4) is 0 Å². The summed E-state index contributed by atoms with van der Waals surface area (Å²) in [6.07, 6.45) is -10.0. The van der Waals surface area contributed by atoms with Crippen molar-refractivity contribution in [2.75, 3.05) is 67.2 Å². The number of ether oxygens (including phenoxy) is 4. The van der Waals surface area contributed by atoms with Crippen LogP contribution >= 0.6 is 0 Å². The lowest BCUT2D eigenvalue weighted by molar-refractivity contribution is -0.400. The quantitative estimate of drug-likeness (QED) is 0.282. The maximum Gasteiger partial charge on any atom is 0.416 e. The number of amides is 1. The van der Waals surface area contributed by atoms with Crippen LogP contribution in [0, 0.1) is 5.82 Å². The molecule has 250 valence electrons. The number of rotatable bonds is 9. The zero-order chi connectivity index (χ0) is 33.2. The fourth-order valence-corrected chi connectivity index (χ4v) is 5.87. The molecule has 0 radical (unpaired) electrons. The van der Waals surface area contributed by atoms with E-state index in [0.717, 1.165) is 0 Å². The molecule has 0 aromatic heterocycles. The first-order valence-corrected chi connectivity index (χ1v) is 14.3. The molecule has 8 nitrogen and oxygen atoms in total. The van der Waals surface area contributed by atoms with Gasteiger partial charge in [0.05, 0.1) is 30.9 Å². The zero-order valence-electron chi connectivity index (χ0n) is 25.3. The summed E-state index contributed by atoms with van der Waals surface area (Å²) >= 11 is 0. The van der Waals surface area contributed by atoms with Crippen molar-refractivity contribution in [2.24, 2.45) is 0 Å². The van der Waals surface area contributed by atoms with Crippen LogP contribution in [0.2, 0.25) is 0 Å². The number of hydrogen-bond acceptors (Lipinski definition) is 7. The van der Waals surface area contributed by atoms with Gasteiger partial charge in [0, 0.05) is 65.1 Å². The second-order valence-electron chi connectivity index (χ2n) is 11.0. The van der Waals surface area contributed by atoms with Gasteiger partial charge in [-0.2, -0.15) is 26.3 Å². The highest BCUT2D eigenvalue weighted by molar-refractivity contribution is 5.95. The molecule has 2 saturated heterocycles. The van der Waals surface area contributed by atoms with Crippen molar-refractivity contribution in [2.45, 2.75) is 43.8 Å². The lowest BCUT2D eigenvalue weighted by Crippen LogP contribution is -2.62. The van der Waals surface area contributed by atoms with Crippen LogP contribution in [-0.2, 0) is 33.0 Å². The summed E-state index contributed by atoms with van der Waals surface area (Å²) in [6, 6.07) is 4.09. The van der Waals surface area contributed by atoms with E-state index < -0.39 is 52.8 Å². The molecular weight excluding hydrogens is 615 g/mol. The fraction of sp³-hybridized carbons (Fsp3) is 0.567. The molecule has 0 spiro atoms. The lowest BCUT2D eigenvalue weighted by Gasteiger charge is -2.47. The minimum absolute atomic E-state index is 0.00846. The Balaban J connectivity index is 1.60. The van der Waals surface area contributed by atoms with E-state index in [1.165, 1.54) is 44.4 Å². The van der Waals surface area contributed by atoms with Crippen LogP contribution in [0.1, 0.15) is 34.0 Å². The van der Waals surface area contributed by atoms with Crippen LogP contribution in [0.4, 0.5) is 30.7 Å². The van der Waals surface area contributed by atoms with Gasteiger partial charge >= 0.3 is 12.4 Å². The number of nitrogens with zero attached hydrogens (tertiary/aromatic N) is 3. The Morgan fingerprint density at radius 2 is 1.58 bits per heavy atom. The van der Waals surface area contributed by atoms with Crippen molar-refractivity contribution < 1.29 is 54.5 Å². The molecule has 1 unspecified atom stereocenters. The maximum atomic E-state index is 14.1. The van der Waals surface area contributed by atoms with Gasteiger partial charge in [-0.05, 0) is 49.2 Å². The summed E-state index contributed by atoms with van der Waals surface area (Å²) in [4.78, 5) is 19.1. The van der Waals surface area contributed by atoms with Crippen LogP contribution in [0.5, 0.6) is 5.75 Å². The molecule has 0 bridgehead atoms. The minimum atomic E-state index is -5.10. The normalized spacial score (nSPS) is 21.6. The number of hydrogen-bond donors (Lipinski definition) is 0. The van der Waals surface area contributed by atoms with Gasteiger partial charge in [0.25, 0.3) is 11.9 Å². The molecule has 0 aliphatic carbocycles. The van der Waals surface area contributed by atoms with E-state index in [1.807, 2.05) is 6.92 Å². The van der Waals surface area contributed by atoms with Crippen LogP contribution in [-0.4, -0.2) is 106 Å². The highest BCUT2D eigenvalue weighted by atomic mass is 19.4. The van der Waals surface area contributed by atoms with Crippen molar-refractivity contribution in [3.05, 3.63) is 64.5 Å². The monoisotopic (exact) mass is 651 g/mol. The Bertz CT molecular complexity index is 1300. The molecule has 2 fully saturated rings. The van der Waals surface area contributed by atoms with E-state index in [0.29, 0.717) is 50.5 Å². The van der Waals surface area contributed by atoms with Gasteiger partial charge in [-0.1, -0.05) is 6.07 Å². The van der Waals surface area contributed by atoms with Gasteiger partial charge in [0.2, 0.25) is 0 Å². The Labute approximate surface area is 256 Å². The van der Waals surface area contributed by atoms with Crippen LogP contribution in [0.25, 0.3) is 0 Å².